The Kier molecular flexibility index (Phi) is 3.45. The molecule has 3 aliphatic rings. The lowest BCUT2D eigenvalue weighted by molar-refractivity contribution is 0.133. The van der Waals surface area contributed by atoms with Crippen LogP contribution in [0, 0.1) is 17.8 Å². The van der Waals surface area contributed by atoms with E-state index in [9.17, 15) is 0 Å². The molecule has 3 fully saturated rings. The van der Waals surface area contributed by atoms with Crippen LogP contribution in [0.1, 0.15) is 46.0 Å². The van der Waals surface area contributed by atoms with E-state index in [2.05, 4.69) is 24.1 Å². The maximum atomic E-state index is 3.74. The molecule has 98 valence electrons. The first-order chi connectivity index (χ1) is 8.24. The highest BCUT2D eigenvalue weighted by atomic mass is 15.2. The van der Waals surface area contributed by atoms with E-state index >= 15 is 0 Å². The van der Waals surface area contributed by atoms with Crippen LogP contribution in [0.2, 0.25) is 0 Å². The number of hydrogen-bond donors (Lipinski definition) is 1. The molecule has 0 aromatic carbocycles. The van der Waals surface area contributed by atoms with Crippen LogP contribution in [0.15, 0.2) is 0 Å². The Morgan fingerprint density at radius 2 is 2.06 bits per heavy atom. The standard InChI is InChI=1S/C15H28N2/c1-11(2)14-10-17(7-3-6-16-14)15-9-12-4-5-13(15)8-12/h11-16H,3-10H2,1-2H3. The number of nitrogens with zero attached hydrogens (tertiary/aromatic N) is 1. The van der Waals surface area contributed by atoms with E-state index in [-0.39, 0.29) is 0 Å². The number of hydrogen-bond acceptors (Lipinski definition) is 2. The fraction of sp³-hybridized carbons (Fsp3) is 1.00. The number of fused-ring (bicyclic) bond motifs is 2. The van der Waals surface area contributed by atoms with Gasteiger partial charge in [-0.05, 0) is 56.5 Å². The SMILES string of the molecule is CC(C)C1CN(C2CC3CCC2C3)CCCN1. The smallest absolute Gasteiger partial charge is 0.0218 e. The predicted molar refractivity (Wildman–Crippen MR) is 72.1 cm³/mol. The molecular formula is C15H28N2. The summed E-state index contributed by atoms with van der Waals surface area (Å²) in [5.41, 5.74) is 0. The highest BCUT2D eigenvalue weighted by Crippen LogP contribution is 2.46. The summed E-state index contributed by atoms with van der Waals surface area (Å²) in [6, 6.07) is 1.66. The third-order valence-electron chi connectivity index (χ3n) is 5.43. The zero-order valence-electron chi connectivity index (χ0n) is 11.5. The Hall–Kier alpha value is -0.0800. The monoisotopic (exact) mass is 236 g/mol. The van der Waals surface area contributed by atoms with Crippen molar-refractivity contribution in [3.63, 3.8) is 0 Å². The van der Waals surface area contributed by atoms with Gasteiger partial charge in [0.2, 0.25) is 0 Å². The second-order valence-electron chi connectivity index (χ2n) is 6.90. The maximum absolute atomic E-state index is 3.74. The van der Waals surface area contributed by atoms with Gasteiger partial charge in [-0.3, -0.25) is 4.90 Å². The molecule has 3 rings (SSSR count). The number of nitrogens with one attached hydrogen (secondary N) is 1. The third-order valence-corrected chi connectivity index (χ3v) is 5.43. The summed E-state index contributed by atoms with van der Waals surface area (Å²) in [6.45, 7) is 8.58. The molecule has 17 heavy (non-hydrogen) atoms. The van der Waals surface area contributed by atoms with E-state index in [1.807, 2.05) is 0 Å². The van der Waals surface area contributed by atoms with E-state index in [0.717, 1.165) is 29.8 Å². The highest BCUT2D eigenvalue weighted by molar-refractivity contribution is 4.97. The van der Waals surface area contributed by atoms with Crippen molar-refractivity contribution in [3.05, 3.63) is 0 Å². The average molecular weight is 236 g/mol. The summed E-state index contributed by atoms with van der Waals surface area (Å²) in [5, 5.41) is 3.74. The molecule has 1 N–H and O–H groups in total. The first-order valence-electron chi connectivity index (χ1n) is 7.71. The first kappa shape index (κ1) is 12.0. The summed E-state index contributed by atoms with van der Waals surface area (Å²) in [5.74, 6) is 2.90. The van der Waals surface area contributed by atoms with E-state index in [4.69, 9.17) is 0 Å². The summed E-state index contributed by atoms with van der Waals surface area (Å²) < 4.78 is 0. The fourth-order valence-electron chi connectivity index (χ4n) is 4.38. The molecule has 2 saturated carbocycles. The van der Waals surface area contributed by atoms with Crippen LogP contribution in [0.5, 0.6) is 0 Å². The van der Waals surface area contributed by atoms with Gasteiger partial charge in [-0.1, -0.05) is 20.3 Å². The van der Waals surface area contributed by atoms with Gasteiger partial charge >= 0.3 is 0 Å². The third kappa shape index (κ3) is 2.39. The lowest BCUT2D eigenvalue weighted by Crippen LogP contribution is -2.46. The zero-order valence-corrected chi connectivity index (χ0v) is 11.5. The predicted octanol–water partition coefficient (Wildman–Crippen LogP) is 2.49. The van der Waals surface area contributed by atoms with Gasteiger partial charge in [-0.15, -0.1) is 0 Å². The topological polar surface area (TPSA) is 15.3 Å². The molecule has 4 atom stereocenters. The van der Waals surface area contributed by atoms with Crippen molar-refractivity contribution in [2.24, 2.45) is 17.8 Å². The molecular weight excluding hydrogens is 208 g/mol. The molecule has 1 saturated heterocycles. The lowest BCUT2D eigenvalue weighted by Gasteiger charge is -2.36. The van der Waals surface area contributed by atoms with E-state index < -0.39 is 0 Å². The Morgan fingerprint density at radius 3 is 2.71 bits per heavy atom. The van der Waals surface area contributed by atoms with Crippen molar-refractivity contribution >= 4 is 0 Å². The number of rotatable bonds is 2. The molecule has 4 unspecified atom stereocenters. The molecule has 2 nitrogen and oxygen atoms in total. The van der Waals surface area contributed by atoms with Crippen LogP contribution >= 0.6 is 0 Å². The zero-order chi connectivity index (χ0) is 11.8. The maximum Gasteiger partial charge on any atom is 0.0218 e. The summed E-state index contributed by atoms with van der Waals surface area (Å²) >= 11 is 0. The molecule has 0 radical (unpaired) electrons. The fourth-order valence-corrected chi connectivity index (χ4v) is 4.38. The van der Waals surface area contributed by atoms with E-state index in [1.54, 1.807) is 6.42 Å². The van der Waals surface area contributed by atoms with Crippen molar-refractivity contribution in [2.45, 2.75) is 58.0 Å². The van der Waals surface area contributed by atoms with Gasteiger partial charge in [0.15, 0.2) is 0 Å². The van der Waals surface area contributed by atoms with Gasteiger partial charge in [0.25, 0.3) is 0 Å². The minimum absolute atomic E-state index is 0.719. The molecule has 0 spiro atoms. The van der Waals surface area contributed by atoms with Gasteiger partial charge in [-0.25, -0.2) is 0 Å². The van der Waals surface area contributed by atoms with Crippen LogP contribution < -0.4 is 5.32 Å². The summed E-state index contributed by atoms with van der Waals surface area (Å²) in [6.07, 6.45) is 7.44. The van der Waals surface area contributed by atoms with Crippen molar-refractivity contribution in [1.29, 1.82) is 0 Å². The van der Waals surface area contributed by atoms with Crippen LogP contribution in [-0.2, 0) is 0 Å². The Morgan fingerprint density at radius 1 is 1.18 bits per heavy atom. The normalized spacial score (nSPS) is 43.2. The Bertz CT molecular complexity index is 264. The minimum Gasteiger partial charge on any atom is -0.312 e. The van der Waals surface area contributed by atoms with Crippen molar-refractivity contribution in [2.75, 3.05) is 19.6 Å². The molecule has 1 aliphatic heterocycles. The van der Waals surface area contributed by atoms with Gasteiger partial charge in [0.05, 0.1) is 0 Å². The van der Waals surface area contributed by atoms with E-state index in [0.29, 0.717) is 0 Å². The second kappa shape index (κ2) is 4.89. The minimum atomic E-state index is 0.719. The summed E-state index contributed by atoms with van der Waals surface area (Å²) in [4.78, 5) is 2.84. The van der Waals surface area contributed by atoms with Crippen molar-refractivity contribution in [1.82, 2.24) is 10.2 Å². The molecule has 2 heteroatoms. The largest absolute Gasteiger partial charge is 0.312 e. The molecule has 2 aliphatic carbocycles. The highest BCUT2D eigenvalue weighted by Gasteiger charge is 2.42. The van der Waals surface area contributed by atoms with Gasteiger partial charge in [0.1, 0.15) is 0 Å². The lowest BCUT2D eigenvalue weighted by atomic mass is 9.93. The quantitative estimate of drug-likeness (QED) is 0.792. The van der Waals surface area contributed by atoms with Gasteiger partial charge in [0, 0.05) is 18.6 Å². The van der Waals surface area contributed by atoms with Gasteiger partial charge < -0.3 is 5.32 Å². The molecule has 0 aromatic heterocycles. The van der Waals surface area contributed by atoms with Crippen molar-refractivity contribution in [3.8, 4) is 0 Å². The Labute approximate surface area is 106 Å². The molecule has 0 aromatic rings. The summed E-state index contributed by atoms with van der Waals surface area (Å²) in [7, 11) is 0. The second-order valence-corrected chi connectivity index (χ2v) is 6.90. The molecule has 2 bridgehead atoms. The van der Waals surface area contributed by atoms with Crippen LogP contribution in [0.25, 0.3) is 0 Å². The van der Waals surface area contributed by atoms with Crippen LogP contribution in [-0.4, -0.2) is 36.6 Å². The van der Waals surface area contributed by atoms with Gasteiger partial charge in [-0.2, -0.15) is 0 Å². The molecule has 0 amide bonds. The molecule has 1 heterocycles. The van der Waals surface area contributed by atoms with Crippen LogP contribution in [0.3, 0.4) is 0 Å². The van der Waals surface area contributed by atoms with Crippen molar-refractivity contribution < 1.29 is 0 Å². The van der Waals surface area contributed by atoms with E-state index in [1.165, 1.54) is 45.3 Å². The van der Waals surface area contributed by atoms with Crippen LogP contribution in [0.4, 0.5) is 0 Å². The first-order valence-corrected chi connectivity index (χ1v) is 7.71. The average Bonchev–Trinajstić information content (AvgIpc) is 2.84. The Balaban J connectivity index is 1.65.